The monoisotopic (exact) mass is 134 g/mol. The zero-order valence-corrected chi connectivity index (χ0v) is 6.77. The molecule has 0 radical (unpaired) electrons. The first-order valence-electron chi connectivity index (χ1n) is 3.24. The summed E-state index contributed by atoms with van der Waals surface area (Å²) < 4.78 is 4.71. The highest BCUT2D eigenvalue weighted by Crippen LogP contribution is 1.70. The number of hydrogen-bond donors (Lipinski definition) is 2. The SMILES string of the molecule is CC.CNCC(N)OC. The fraction of sp³-hybridized carbons (Fsp3) is 1.00. The molecule has 0 spiro atoms. The van der Waals surface area contributed by atoms with Crippen molar-refractivity contribution in [3.8, 4) is 0 Å². The van der Waals surface area contributed by atoms with Crippen LogP contribution in [0.3, 0.4) is 0 Å². The van der Waals surface area contributed by atoms with Crippen LogP contribution in [-0.4, -0.2) is 26.9 Å². The van der Waals surface area contributed by atoms with Gasteiger partial charge in [0.25, 0.3) is 0 Å². The van der Waals surface area contributed by atoms with Crippen LogP contribution in [-0.2, 0) is 4.74 Å². The Morgan fingerprint density at radius 2 is 2.00 bits per heavy atom. The lowest BCUT2D eigenvalue weighted by molar-refractivity contribution is 0.109. The second-order valence-electron chi connectivity index (χ2n) is 1.33. The minimum atomic E-state index is -0.162. The van der Waals surface area contributed by atoms with Crippen molar-refractivity contribution in [3.05, 3.63) is 0 Å². The summed E-state index contributed by atoms with van der Waals surface area (Å²) in [7, 11) is 3.42. The fourth-order valence-corrected chi connectivity index (χ4v) is 0.285. The number of nitrogens with one attached hydrogen (secondary N) is 1. The van der Waals surface area contributed by atoms with Crippen LogP contribution in [0.4, 0.5) is 0 Å². The molecule has 0 aromatic heterocycles. The van der Waals surface area contributed by atoms with Crippen molar-refractivity contribution in [1.82, 2.24) is 5.32 Å². The van der Waals surface area contributed by atoms with E-state index in [4.69, 9.17) is 10.5 Å². The fourth-order valence-electron chi connectivity index (χ4n) is 0.285. The first kappa shape index (κ1) is 11.6. The van der Waals surface area contributed by atoms with Gasteiger partial charge in [0.1, 0.15) is 6.23 Å². The summed E-state index contributed by atoms with van der Waals surface area (Å²) in [6, 6.07) is 0. The molecule has 9 heavy (non-hydrogen) atoms. The van der Waals surface area contributed by atoms with Gasteiger partial charge in [-0.2, -0.15) is 0 Å². The number of nitrogens with two attached hydrogens (primary N) is 1. The van der Waals surface area contributed by atoms with Gasteiger partial charge in [0.05, 0.1) is 0 Å². The zero-order chi connectivity index (χ0) is 7.70. The van der Waals surface area contributed by atoms with Gasteiger partial charge in [-0.1, -0.05) is 13.8 Å². The van der Waals surface area contributed by atoms with Gasteiger partial charge in [-0.05, 0) is 7.05 Å². The van der Waals surface area contributed by atoms with Crippen LogP contribution in [0.15, 0.2) is 0 Å². The first-order chi connectivity index (χ1) is 4.31. The van der Waals surface area contributed by atoms with Crippen molar-refractivity contribution in [2.24, 2.45) is 5.73 Å². The number of hydrogen-bond acceptors (Lipinski definition) is 3. The van der Waals surface area contributed by atoms with E-state index < -0.39 is 0 Å². The van der Waals surface area contributed by atoms with E-state index in [1.165, 1.54) is 0 Å². The number of ether oxygens (including phenoxy) is 1. The quantitative estimate of drug-likeness (QED) is 0.541. The van der Waals surface area contributed by atoms with E-state index in [9.17, 15) is 0 Å². The van der Waals surface area contributed by atoms with Crippen molar-refractivity contribution >= 4 is 0 Å². The number of methoxy groups -OCH3 is 1. The Bertz CT molecular complexity index is 42.0. The molecule has 58 valence electrons. The van der Waals surface area contributed by atoms with Gasteiger partial charge in [-0.15, -0.1) is 0 Å². The summed E-state index contributed by atoms with van der Waals surface area (Å²) in [5, 5.41) is 2.87. The molecule has 1 unspecified atom stereocenters. The summed E-state index contributed by atoms with van der Waals surface area (Å²) in [6.45, 7) is 4.70. The molecule has 0 fully saturated rings. The summed E-state index contributed by atoms with van der Waals surface area (Å²) in [5.41, 5.74) is 5.30. The minimum Gasteiger partial charge on any atom is -0.365 e. The minimum absolute atomic E-state index is 0.162. The average Bonchev–Trinajstić information content (AvgIpc) is 1.93. The van der Waals surface area contributed by atoms with Crippen LogP contribution < -0.4 is 11.1 Å². The third kappa shape index (κ3) is 11.4. The summed E-state index contributed by atoms with van der Waals surface area (Å²) in [5.74, 6) is 0. The molecule has 0 amide bonds. The molecule has 0 aromatic rings. The Balaban J connectivity index is 0. The van der Waals surface area contributed by atoms with Crippen molar-refractivity contribution in [3.63, 3.8) is 0 Å². The smallest absolute Gasteiger partial charge is 0.117 e. The van der Waals surface area contributed by atoms with E-state index in [2.05, 4.69) is 5.32 Å². The maximum absolute atomic E-state index is 5.30. The standard InChI is InChI=1S/C4H12N2O.C2H6/c1-6-3-4(5)7-2;1-2/h4,6H,3,5H2,1-2H3;1-2H3. The predicted molar refractivity (Wildman–Crippen MR) is 40.3 cm³/mol. The molecule has 0 aliphatic carbocycles. The van der Waals surface area contributed by atoms with Crippen LogP contribution in [0, 0.1) is 0 Å². The highest BCUT2D eigenvalue weighted by atomic mass is 16.5. The summed E-state index contributed by atoms with van der Waals surface area (Å²) >= 11 is 0. The molecule has 3 heteroatoms. The highest BCUT2D eigenvalue weighted by Gasteiger charge is 1.92. The third-order valence-electron chi connectivity index (χ3n) is 0.708. The Morgan fingerprint density at radius 3 is 2.11 bits per heavy atom. The molecule has 0 rings (SSSR count). The van der Waals surface area contributed by atoms with Crippen molar-refractivity contribution in [2.45, 2.75) is 20.1 Å². The molecule has 1 atom stereocenters. The Kier molecular flexibility index (Phi) is 14.0. The molecular formula is C6H18N2O. The Morgan fingerprint density at radius 1 is 1.56 bits per heavy atom. The van der Waals surface area contributed by atoms with Gasteiger partial charge in [0.15, 0.2) is 0 Å². The van der Waals surface area contributed by atoms with Crippen LogP contribution in [0.5, 0.6) is 0 Å². The van der Waals surface area contributed by atoms with E-state index in [1.54, 1.807) is 7.11 Å². The van der Waals surface area contributed by atoms with E-state index in [1.807, 2.05) is 20.9 Å². The molecule has 0 saturated heterocycles. The van der Waals surface area contributed by atoms with E-state index >= 15 is 0 Å². The summed E-state index contributed by atoms with van der Waals surface area (Å²) in [6.07, 6.45) is -0.162. The molecule has 0 saturated carbocycles. The molecule has 0 heterocycles. The van der Waals surface area contributed by atoms with Crippen LogP contribution in [0.2, 0.25) is 0 Å². The van der Waals surface area contributed by atoms with E-state index in [0.29, 0.717) is 6.54 Å². The molecule has 3 N–H and O–H groups in total. The van der Waals surface area contributed by atoms with Crippen LogP contribution in [0.1, 0.15) is 13.8 Å². The van der Waals surface area contributed by atoms with Gasteiger partial charge < -0.3 is 15.8 Å². The zero-order valence-electron chi connectivity index (χ0n) is 6.77. The molecule has 0 aliphatic heterocycles. The molecular weight excluding hydrogens is 116 g/mol. The highest BCUT2D eigenvalue weighted by molar-refractivity contribution is 4.45. The lowest BCUT2D eigenvalue weighted by Gasteiger charge is -2.05. The average molecular weight is 134 g/mol. The Labute approximate surface area is 57.6 Å². The summed E-state index contributed by atoms with van der Waals surface area (Å²) in [4.78, 5) is 0. The van der Waals surface area contributed by atoms with E-state index in [0.717, 1.165) is 0 Å². The maximum atomic E-state index is 5.30. The lowest BCUT2D eigenvalue weighted by Crippen LogP contribution is -2.33. The van der Waals surface area contributed by atoms with Crippen molar-refractivity contribution in [1.29, 1.82) is 0 Å². The number of likely N-dealkylation sites (N-methyl/N-ethyl adjacent to an activating group) is 1. The van der Waals surface area contributed by atoms with Gasteiger partial charge in [-0.3, -0.25) is 0 Å². The third-order valence-corrected chi connectivity index (χ3v) is 0.708. The van der Waals surface area contributed by atoms with Gasteiger partial charge in [0.2, 0.25) is 0 Å². The Hall–Kier alpha value is -0.120. The van der Waals surface area contributed by atoms with Crippen molar-refractivity contribution < 1.29 is 4.74 Å². The first-order valence-corrected chi connectivity index (χ1v) is 3.24. The second kappa shape index (κ2) is 10.8. The normalized spacial score (nSPS) is 11.7. The molecule has 0 aromatic carbocycles. The topological polar surface area (TPSA) is 47.3 Å². The molecule has 0 aliphatic rings. The largest absolute Gasteiger partial charge is 0.365 e. The maximum Gasteiger partial charge on any atom is 0.117 e. The molecule has 3 nitrogen and oxygen atoms in total. The predicted octanol–water partition coefficient (Wildman–Crippen LogP) is 0.163. The van der Waals surface area contributed by atoms with Crippen molar-refractivity contribution in [2.75, 3.05) is 20.7 Å². The van der Waals surface area contributed by atoms with Crippen LogP contribution in [0.25, 0.3) is 0 Å². The van der Waals surface area contributed by atoms with Gasteiger partial charge >= 0.3 is 0 Å². The van der Waals surface area contributed by atoms with Gasteiger partial charge in [0, 0.05) is 13.7 Å². The van der Waals surface area contributed by atoms with Crippen LogP contribution >= 0.6 is 0 Å². The second-order valence-corrected chi connectivity index (χ2v) is 1.33. The lowest BCUT2D eigenvalue weighted by atomic mass is 10.6. The van der Waals surface area contributed by atoms with Gasteiger partial charge in [-0.25, -0.2) is 0 Å². The number of rotatable bonds is 3. The van der Waals surface area contributed by atoms with E-state index in [-0.39, 0.29) is 6.23 Å². The molecule has 0 bridgehead atoms.